The molecule has 0 radical (unpaired) electrons. The van der Waals surface area contributed by atoms with Crippen molar-refractivity contribution in [1.29, 1.82) is 4.78 Å². The van der Waals surface area contributed by atoms with Gasteiger partial charge in [0, 0.05) is 21.7 Å². The van der Waals surface area contributed by atoms with Crippen molar-refractivity contribution in [3.63, 3.8) is 0 Å². The zero-order valence-corrected chi connectivity index (χ0v) is 6.75. The van der Waals surface area contributed by atoms with Crippen molar-refractivity contribution >= 4 is 9.73 Å². The molecule has 0 saturated carbocycles. The first-order chi connectivity index (χ1) is 4.06. The summed E-state index contributed by atoms with van der Waals surface area (Å²) in [5.41, 5.74) is 0. The zero-order valence-electron chi connectivity index (χ0n) is 5.94. The van der Waals surface area contributed by atoms with E-state index in [0.29, 0.717) is 5.75 Å². The van der Waals surface area contributed by atoms with E-state index in [-0.39, 0.29) is 0 Å². The maximum absolute atomic E-state index is 10.7. The Labute approximate surface area is 56.8 Å². The van der Waals surface area contributed by atoms with Crippen molar-refractivity contribution in [2.75, 3.05) is 25.6 Å². The third-order valence-corrected chi connectivity index (χ3v) is 2.03. The van der Waals surface area contributed by atoms with E-state index in [4.69, 9.17) is 4.78 Å². The molecule has 0 rings (SSSR count). The topological polar surface area (TPSA) is 53.0 Å². The van der Waals surface area contributed by atoms with Gasteiger partial charge in [-0.25, -0.2) is 0 Å². The Morgan fingerprint density at radius 2 is 2.22 bits per heavy atom. The molecule has 56 valence electrons. The first-order valence-corrected chi connectivity index (χ1v) is 5.06. The van der Waals surface area contributed by atoms with E-state index in [1.165, 1.54) is 6.26 Å². The van der Waals surface area contributed by atoms with Crippen LogP contribution in [0, 0.1) is 4.78 Å². The highest BCUT2D eigenvalue weighted by molar-refractivity contribution is 7.91. The summed E-state index contributed by atoms with van der Waals surface area (Å²) in [5.74, 6) is 0.508. The molecule has 0 heterocycles. The van der Waals surface area contributed by atoms with Crippen molar-refractivity contribution in [3.8, 4) is 0 Å². The standard InChI is InChI=1S/C5H14N2OS/c1-7-4-3-5-9(2,6)8/h6-7H,3-5H2,1-2H3. The van der Waals surface area contributed by atoms with Crippen LogP contribution in [0.5, 0.6) is 0 Å². The van der Waals surface area contributed by atoms with Gasteiger partial charge in [-0.3, -0.25) is 8.99 Å². The molecular weight excluding hydrogens is 136 g/mol. The van der Waals surface area contributed by atoms with Crippen LogP contribution in [0.4, 0.5) is 0 Å². The zero-order chi connectivity index (χ0) is 7.33. The third-order valence-electron chi connectivity index (χ3n) is 0.961. The van der Waals surface area contributed by atoms with Crippen LogP contribution in [0.15, 0.2) is 0 Å². The van der Waals surface area contributed by atoms with Gasteiger partial charge in [0.2, 0.25) is 0 Å². The Morgan fingerprint density at radius 3 is 2.56 bits per heavy atom. The summed E-state index contributed by atoms with van der Waals surface area (Å²) in [6.07, 6.45) is 2.30. The molecule has 0 fully saturated rings. The molecule has 9 heavy (non-hydrogen) atoms. The van der Waals surface area contributed by atoms with Gasteiger partial charge >= 0.3 is 0 Å². The Morgan fingerprint density at radius 1 is 1.67 bits per heavy atom. The van der Waals surface area contributed by atoms with Crippen LogP contribution in [-0.2, 0) is 9.73 Å². The normalized spacial score (nSPS) is 17.1. The quantitative estimate of drug-likeness (QED) is 0.565. The SMILES string of the molecule is CNCCCS(C)(=N)=O. The minimum absolute atomic E-state index is 0.508. The minimum atomic E-state index is -2.24. The Balaban J connectivity index is 3.30. The van der Waals surface area contributed by atoms with Crippen molar-refractivity contribution in [1.82, 2.24) is 5.32 Å². The summed E-state index contributed by atoms with van der Waals surface area (Å²) >= 11 is 0. The van der Waals surface area contributed by atoms with Crippen LogP contribution in [0.3, 0.4) is 0 Å². The van der Waals surface area contributed by atoms with E-state index in [1.807, 2.05) is 7.05 Å². The largest absolute Gasteiger partial charge is 0.320 e. The second-order valence-electron chi connectivity index (χ2n) is 2.17. The maximum atomic E-state index is 10.7. The number of nitrogens with one attached hydrogen (secondary N) is 2. The van der Waals surface area contributed by atoms with Gasteiger partial charge in [0.1, 0.15) is 0 Å². The van der Waals surface area contributed by atoms with Crippen molar-refractivity contribution < 1.29 is 4.21 Å². The van der Waals surface area contributed by atoms with Crippen LogP contribution in [0.25, 0.3) is 0 Å². The van der Waals surface area contributed by atoms with E-state index in [9.17, 15) is 4.21 Å². The summed E-state index contributed by atoms with van der Waals surface area (Å²) in [7, 11) is -0.388. The number of hydrogen-bond donors (Lipinski definition) is 2. The molecule has 4 heteroatoms. The van der Waals surface area contributed by atoms with E-state index in [1.54, 1.807) is 0 Å². The van der Waals surface area contributed by atoms with Crippen LogP contribution < -0.4 is 5.32 Å². The molecule has 0 spiro atoms. The van der Waals surface area contributed by atoms with E-state index in [2.05, 4.69) is 5.32 Å². The molecule has 0 aliphatic rings. The van der Waals surface area contributed by atoms with Gasteiger partial charge in [-0.2, -0.15) is 0 Å². The van der Waals surface area contributed by atoms with E-state index < -0.39 is 9.73 Å². The monoisotopic (exact) mass is 150 g/mol. The minimum Gasteiger partial charge on any atom is -0.320 e. The maximum Gasteiger partial charge on any atom is 0.0412 e. The molecule has 0 bridgehead atoms. The fourth-order valence-corrected chi connectivity index (χ4v) is 1.22. The second-order valence-corrected chi connectivity index (χ2v) is 4.58. The molecular formula is C5H14N2OS. The van der Waals surface area contributed by atoms with Gasteiger partial charge in [-0.05, 0) is 20.0 Å². The van der Waals surface area contributed by atoms with Crippen LogP contribution >= 0.6 is 0 Å². The van der Waals surface area contributed by atoms with E-state index in [0.717, 1.165) is 13.0 Å². The lowest BCUT2D eigenvalue weighted by atomic mass is 10.5. The summed E-state index contributed by atoms with van der Waals surface area (Å²) in [5, 5.41) is 2.93. The molecule has 0 aromatic heterocycles. The number of rotatable bonds is 4. The molecule has 0 amide bonds. The predicted octanol–water partition coefficient (Wildman–Crippen LogP) is 0.272. The highest BCUT2D eigenvalue weighted by atomic mass is 32.2. The summed E-state index contributed by atoms with van der Waals surface area (Å²) < 4.78 is 17.7. The van der Waals surface area contributed by atoms with Gasteiger partial charge in [0.05, 0.1) is 0 Å². The molecule has 0 aromatic rings. The molecule has 0 aromatic carbocycles. The Bertz CT molecular complexity index is 150. The van der Waals surface area contributed by atoms with Crippen molar-refractivity contribution in [2.24, 2.45) is 0 Å². The summed E-state index contributed by atoms with van der Waals surface area (Å²) in [6, 6.07) is 0. The molecule has 1 atom stereocenters. The molecule has 1 unspecified atom stereocenters. The summed E-state index contributed by atoms with van der Waals surface area (Å²) in [4.78, 5) is 0. The highest BCUT2D eigenvalue weighted by Gasteiger charge is 1.94. The van der Waals surface area contributed by atoms with Crippen LogP contribution in [-0.4, -0.2) is 29.8 Å². The lowest BCUT2D eigenvalue weighted by Crippen LogP contribution is -2.12. The molecule has 0 saturated heterocycles. The Kier molecular flexibility index (Phi) is 3.81. The average molecular weight is 150 g/mol. The number of hydrogen-bond acceptors (Lipinski definition) is 3. The van der Waals surface area contributed by atoms with Gasteiger partial charge in [-0.15, -0.1) is 0 Å². The third kappa shape index (κ3) is 7.91. The summed E-state index contributed by atoms with van der Waals surface area (Å²) in [6.45, 7) is 0.851. The fraction of sp³-hybridized carbons (Fsp3) is 1.00. The highest BCUT2D eigenvalue weighted by Crippen LogP contribution is 1.87. The van der Waals surface area contributed by atoms with Gasteiger partial charge in [-0.1, -0.05) is 0 Å². The molecule has 0 aliphatic carbocycles. The first kappa shape index (κ1) is 8.91. The van der Waals surface area contributed by atoms with Gasteiger partial charge in [0.15, 0.2) is 0 Å². The van der Waals surface area contributed by atoms with Crippen LogP contribution in [0.1, 0.15) is 6.42 Å². The fourth-order valence-electron chi connectivity index (χ4n) is 0.524. The van der Waals surface area contributed by atoms with E-state index >= 15 is 0 Å². The smallest absolute Gasteiger partial charge is 0.0412 e. The lowest BCUT2D eigenvalue weighted by molar-refractivity contribution is 0.673. The molecule has 0 aliphatic heterocycles. The first-order valence-electron chi connectivity index (χ1n) is 2.92. The molecule has 2 N–H and O–H groups in total. The lowest BCUT2D eigenvalue weighted by Gasteiger charge is -1.98. The van der Waals surface area contributed by atoms with Crippen LogP contribution in [0.2, 0.25) is 0 Å². The average Bonchev–Trinajstić information content (AvgIpc) is 1.63. The van der Waals surface area contributed by atoms with Gasteiger partial charge < -0.3 is 5.32 Å². The Hall–Kier alpha value is -0.0900. The molecule has 3 nitrogen and oxygen atoms in total. The van der Waals surface area contributed by atoms with Gasteiger partial charge in [0.25, 0.3) is 0 Å². The van der Waals surface area contributed by atoms with Crippen molar-refractivity contribution in [2.45, 2.75) is 6.42 Å². The second kappa shape index (κ2) is 3.85. The van der Waals surface area contributed by atoms with Crippen molar-refractivity contribution in [3.05, 3.63) is 0 Å². The predicted molar refractivity (Wildman–Crippen MR) is 40.2 cm³/mol.